The number of fused-ring (bicyclic) bond motifs is 1. The largest absolute Gasteiger partial charge is 0.480 e. The summed E-state index contributed by atoms with van der Waals surface area (Å²) in [6, 6.07) is 3.40. The molecule has 0 spiro atoms. The Morgan fingerprint density at radius 1 is 1.33 bits per heavy atom. The minimum Gasteiger partial charge on any atom is -0.480 e. The maximum atomic E-state index is 11.3. The molecule has 2 rings (SSSR count). The van der Waals surface area contributed by atoms with Gasteiger partial charge in [-0.05, 0) is 6.07 Å². The number of aliphatic carboxylic acids is 1. The van der Waals surface area contributed by atoms with Crippen LogP contribution in [0.3, 0.4) is 0 Å². The summed E-state index contributed by atoms with van der Waals surface area (Å²) in [5, 5.41) is 17.4. The lowest BCUT2D eigenvalue weighted by atomic mass is 10.5. The van der Waals surface area contributed by atoms with E-state index in [1.54, 1.807) is 29.0 Å². The Bertz CT molecular complexity index is 580. The third-order valence-electron chi connectivity index (χ3n) is 2.12. The van der Waals surface area contributed by atoms with Crippen LogP contribution < -0.4 is 10.6 Å². The van der Waals surface area contributed by atoms with Gasteiger partial charge >= 0.3 is 5.97 Å². The monoisotopic (exact) mass is 249 g/mol. The van der Waals surface area contributed by atoms with E-state index in [9.17, 15) is 9.59 Å². The summed E-state index contributed by atoms with van der Waals surface area (Å²) < 4.78 is 1.59. The van der Waals surface area contributed by atoms with Crippen molar-refractivity contribution in [1.29, 1.82) is 0 Å². The van der Waals surface area contributed by atoms with Crippen molar-refractivity contribution in [2.24, 2.45) is 0 Å². The molecule has 8 nitrogen and oxygen atoms in total. The van der Waals surface area contributed by atoms with E-state index in [0.717, 1.165) is 0 Å². The molecule has 0 fully saturated rings. The van der Waals surface area contributed by atoms with Crippen LogP contribution in [0, 0.1) is 0 Å². The van der Waals surface area contributed by atoms with Gasteiger partial charge in [-0.2, -0.15) is 5.10 Å². The Kier molecular flexibility index (Phi) is 3.37. The lowest BCUT2D eigenvalue weighted by molar-refractivity contribution is -0.137. The van der Waals surface area contributed by atoms with Gasteiger partial charge in [-0.3, -0.25) is 9.59 Å². The number of carboxylic acids is 1. The molecule has 0 aromatic carbocycles. The first kappa shape index (κ1) is 11.8. The molecule has 0 bridgehead atoms. The molecule has 0 radical (unpaired) electrons. The van der Waals surface area contributed by atoms with Gasteiger partial charge in [0.05, 0.1) is 12.7 Å². The third-order valence-corrected chi connectivity index (χ3v) is 2.12. The molecular formula is C10H11N5O3. The van der Waals surface area contributed by atoms with Crippen LogP contribution in [-0.4, -0.2) is 44.7 Å². The zero-order chi connectivity index (χ0) is 13.0. The average molecular weight is 249 g/mol. The zero-order valence-corrected chi connectivity index (χ0v) is 9.33. The highest BCUT2D eigenvalue weighted by molar-refractivity contribution is 5.84. The highest BCUT2D eigenvalue weighted by Crippen LogP contribution is 2.04. The van der Waals surface area contributed by atoms with Gasteiger partial charge in [-0.15, -0.1) is 0 Å². The molecule has 2 aromatic heterocycles. The summed E-state index contributed by atoms with van der Waals surface area (Å²) in [7, 11) is 0. The number of carbonyl (C=O) groups excluding carboxylic acids is 1. The molecule has 0 atom stereocenters. The van der Waals surface area contributed by atoms with E-state index in [0.29, 0.717) is 11.5 Å². The Balaban J connectivity index is 1.89. The number of anilines is 1. The molecule has 94 valence electrons. The zero-order valence-electron chi connectivity index (χ0n) is 9.33. The van der Waals surface area contributed by atoms with Crippen molar-refractivity contribution in [2.75, 3.05) is 18.4 Å². The number of carboxylic acid groups (broad SMARTS) is 1. The third kappa shape index (κ3) is 2.94. The van der Waals surface area contributed by atoms with Crippen LogP contribution >= 0.6 is 0 Å². The van der Waals surface area contributed by atoms with E-state index in [1.807, 2.05) is 0 Å². The van der Waals surface area contributed by atoms with Crippen molar-refractivity contribution in [1.82, 2.24) is 19.9 Å². The SMILES string of the molecule is O=C(O)CNC(=O)CNc1ccn2nccc2n1. The molecule has 2 aromatic rings. The van der Waals surface area contributed by atoms with Crippen molar-refractivity contribution in [2.45, 2.75) is 0 Å². The van der Waals surface area contributed by atoms with Gasteiger partial charge in [0.25, 0.3) is 0 Å². The molecule has 0 aliphatic heterocycles. The minimum atomic E-state index is -1.08. The van der Waals surface area contributed by atoms with E-state index < -0.39 is 18.4 Å². The topological polar surface area (TPSA) is 109 Å². The predicted octanol–water partition coefficient (Wildman–Crippen LogP) is -0.658. The number of hydrogen-bond donors (Lipinski definition) is 3. The fraction of sp³-hybridized carbons (Fsp3) is 0.200. The van der Waals surface area contributed by atoms with Gasteiger partial charge in [-0.1, -0.05) is 0 Å². The first-order chi connectivity index (χ1) is 8.65. The summed E-state index contributed by atoms with van der Waals surface area (Å²) in [5.74, 6) is -0.969. The van der Waals surface area contributed by atoms with Crippen molar-refractivity contribution < 1.29 is 14.7 Å². The van der Waals surface area contributed by atoms with E-state index in [2.05, 4.69) is 20.7 Å². The maximum Gasteiger partial charge on any atom is 0.322 e. The Hall–Kier alpha value is -2.64. The lowest BCUT2D eigenvalue weighted by Crippen LogP contribution is -2.33. The molecule has 0 saturated heterocycles. The molecule has 0 unspecified atom stereocenters. The molecule has 18 heavy (non-hydrogen) atoms. The molecule has 0 saturated carbocycles. The number of carbonyl (C=O) groups is 2. The first-order valence-electron chi connectivity index (χ1n) is 5.18. The second-order valence-electron chi connectivity index (χ2n) is 3.47. The second-order valence-corrected chi connectivity index (χ2v) is 3.47. The quantitative estimate of drug-likeness (QED) is 0.649. The van der Waals surface area contributed by atoms with Gasteiger partial charge in [0.15, 0.2) is 5.65 Å². The van der Waals surface area contributed by atoms with Crippen LogP contribution in [0.2, 0.25) is 0 Å². The lowest BCUT2D eigenvalue weighted by Gasteiger charge is -2.05. The van der Waals surface area contributed by atoms with E-state index in [4.69, 9.17) is 5.11 Å². The molecule has 1 amide bonds. The number of hydrogen-bond acceptors (Lipinski definition) is 5. The van der Waals surface area contributed by atoms with Crippen LogP contribution in [0.4, 0.5) is 5.82 Å². The Morgan fingerprint density at radius 2 is 2.17 bits per heavy atom. The standard InChI is InChI=1S/C10H11N5O3/c16-9(12-6-10(17)18)5-11-7-2-4-15-8(14-7)1-3-13-15/h1-4H,5-6H2,(H,11,14)(H,12,16)(H,17,18). The second kappa shape index (κ2) is 5.13. The summed E-state index contributed by atoms with van der Waals surface area (Å²) in [5.41, 5.74) is 0.658. The van der Waals surface area contributed by atoms with Crippen LogP contribution in [0.5, 0.6) is 0 Å². The van der Waals surface area contributed by atoms with E-state index in [1.165, 1.54) is 0 Å². The van der Waals surface area contributed by atoms with Crippen molar-refractivity contribution in [3.63, 3.8) is 0 Å². The molecular weight excluding hydrogens is 238 g/mol. The van der Waals surface area contributed by atoms with Crippen LogP contribution in [-0.2, 0) is 9.59 Å². The highest BCUT2D eigenvalue weighted by atomic mass is 16.4. The summed E-state index contributed by atoms with van der Waals surface area (Å²) >= 11 is 0. The van der Waals surface area contributed by atoms with Gasteiger partial charge in [0.2, 0.25) is 5.91 Å². The summed E-state index contributed by atoms with van der Waals surface area (Å²) in [4.78, 5) is 25.7. The Morgan fingerprint density at radius 3 is 2.94 bits per heavy atom. The minimum absolute atomic E-state index is 0.0371. The van der Waals surface area contributed by atoms with Gasteiger partial charge in [0.1, 0.15) is 12.4 Å². The molecule has 2 heterocycles. The van der Waals surface area contributed by atoms with E-state index in [-0.39, 0.29) is 6.54 Å². The fourth-order valence-corrected chi connectivity index (χ4v) is 1.32. The smallest absolute Gasteiger partial charge is 0.322 e. The normalized spacial score (nSPS) is 10.2. The number of amides is 1. The van der Waals surface area contributed by atoms with Crippen molar-refractivity contribution in [3.8, 4) is 0 Å². The van der Waals surface area contributed by atoms with Crippen LogP contribution in [0.1, 0.15) is 0 Å². The van der Waals surface area contributed by atoms with Crippen LogP contribution in [0.15, 0.2) is 24.5 Å². The van der Waals surface area contributed by atoms with Crippen LogP contribution in [0.25, 0.3) is 5.65 Å². The maximum absolute atomic E-state index is 11.3. The number of nitrogens with zero attached hydrogens (tertiary/aromatic N) is 3. The van der Waals surface area contributed by atoms with Crippen molar-refractivity contribution in [3.05, 3.63) is 24.5 Å². The molecule has 0 aliphatic rings. The average Bonchev–Trinajstić information content (AvgIpc) is 2.81. The Labute approximate surface area is 102 Å². The summed E-state index contributed by atoms with van der Waals surface area (Å²) in [6.45, 7) is -0.430. The predicted molar refractivity (Wildman–Crippen MR) is 62.1 cm³/mol. The fourth-order valence-electron chi connectivity index (χ4n) is 1.32. The number of rotatable bonds is 5. The van der Waals surface area contributed by atoms with Crippen molar-refractivity contribution >= 4 is 23.3 Å². The number of aromatic nitrogens is 3. The van der Waals surface area contributed by atoms with Gasteiger partial charge < -0.3 is 15.7 Å². The highest BCUT2D eigenvalue weighted by Gasteiger charge is 2.04. The van der Waals surface area contributed by atoms with Gasteiger partial charge in [0, 0.05) is 12.3 Å². The van der Waals surface area contributed by atoms with Gasteiger partial charge in [-0.25, -0.2) is 9.50 Å². The summed E-state index contributed by atoms with van der Waals surface area (Å²) in [6.07, 6.45) is 3.32. The molecule has 3 N–H and O–H groups in total. The molecule has 0 aliphatic carbocycles. The number of nitrogens with one attached hydrogen (secondary N) is 2. The van der Waals surface area contributed by atoms with E-state index >= 15 is 0 Å². The first-order valence-corrected chi connectivity index (χ1v) is 5.18. The molecule has 8 heteroatoms.